The number of nitrogens with one attached hydrogen (secondary N) is 1. The molecule has 0 saturated carbocycles. The van der Waals surface area contributed by atoms with Gasteiger partial charge in [0.2, 0.25) is 0 Å². The molecule has 2 heterocycles. The number of hydrogen-bond donors (Lipinski definition) is 1. The normalized spacial score (nSPS) is 17.2. The van der Waals surface area contributed by atoms with E-state index >= 15 is 0 Å². The zero-order chi connectivity index (χ0) is 13.9. The third kappa shape index (κ3) is 3.58. The second kappa shape index (κ2) is 7.56. The molecule has 0 bridgehead atoms. The Balaban J connectivity index is 0.00000161. The highest BCUT2D eigenvalue weighted by Gasteiger charge is 2.28. The predicted molar refractivity (Wildman–Crippen MR) is 89.3 cm³/mol. The molecule has 1 aromatic carbocycles. The first-order valence-corrected chi connectivity index (χ1v) is 7.95. The molecule has 0 aliphatic carbocycles. The minimum absolute atomic E-state index is 0. The van der Waals surface area contributed by atoms with Crippen molar-refractivity contribution in [3.63, 3.8) is 0 Å². The number of piperazine rings is 1. The second-order valence-corrected chi connectivity index (χ2v) is 6.23. The van der Waals surface area contributed by atoms with Crippen LogP contribution >= 0.6 is 35.3 Å². The molecule has 2 aromatic rings. The van der Waals surface area contributed by atoms with Gasteiger partial charge in [0.05, 0.1) is 6.04 Å². The van der Waals surface area contributed by atoms with Gasteiger partial charge < -0.3 is 5.32 Å². The van der Waals surface area contributed by atoms with Crippen molar-refractivity contribution < 1.29 is 4.39 Å². The van der Waals surface area contributed by atoms with Crippen LogP contribution in [0.5, 0.6) is 0 Å². The van der Waals surface area contributed by atoms with E-state index in [2.05, 4.69) is 16.3 Å². The summed E-state index contributed by atoms with van der Waals surface area (Å²) in [5, 5.41) is 5.86. The lowest BCUT2D eigenvalue weighted by molar-refractivity contribution is 0.197. The van der Waals surface area contributed by atoms with E-state index in [9.17, 15) is 4.39 Å². The molecule has 21 heavy (non-hydrogen) atoms. The Bertz CT molecular complexity index is 551. The Hall–Kier alpha value is -0.650. The van der Waals surface area contributed by atoms with E-state index < -0.39 is 0 Å². The van der Waals surface area contributed by atoms with Gasteiger partial charge in [0, 0.05) is 41.6 Å². The van der Waals surface area contributed by atoms with Crippen LogP contribution in [0.3, 0.4) is 0 Å². The van der Waals surface area contributed by atoms with E-state index in [4.69, 9.17) is 11.6 Å². The van der Waals surface area contributed by atoms with Crippen LogP contribution in [-0.2, 0) is 0 Å². The predicted octanol–water partition coefficient (Wildman–Crippen LogP) is 3.96. The Morgan fingerprint density at radius 2 is 1.95 bits per heavy atom. The van der Waals surface area contributed by atoms with Gasteiger partial charge in [0.25, 0.3) is 0 Å². The highest BCUT2D eigenvalue weighted by atomic mass is 35.5. The fourth-order valence-corrected chi connectivity index (χ4v) is 3.80. The average molecular weight is 347 g/mol. The lowest BCUT2D eigenvalue weighted by Crippen LogP contribution is -2.45. The Morgan fingerprint density at radius 3 is 2.57 bits per heavy atom. The number of nitrogens with zero attached hydrogens (tertiary/aromatic N) is 1. The van der Waals surface area contributed by atoms with E-state index in [1.54, 1.807) is 23.5 Å². The molecule has 1 fully saturated rings. The van der Waals surface area contributed by atoms with E-state index in [-0.39, 0.29) is 24.3 Å². The van der Waals surface area contributed by atoms with Crippen LogP contribution in [0.15, 0.2) is 35.7 Å². The topological polar surface area (TPSA) is 15.3 Å². The van der Waals surface area contributed by atoms with Crippen molar-refractivity contribution in [3.05, 3.63) is 57.0 Å². The van der Waals surface area contributed by atoms with Gasteiger partial charge in [-0.3, -0.25) is 4.90 Å². The average Bonchev–Trinajstić information content (AvgIpc) is 2.98. The van der Waals surface area contributed by atoms with E-state index in [0.717, 1.165) is 31.1 Å². The Kier molecular flexibility index (Phi) is 6.02. The van der Waals surface area contributed by atoms with Gasteiger partial charge in [-0.1, -0.05) is 23.7 Å². The monoisotopic (exact) mass is 346 g/mol. The standard InChI is InChI=1S/C15H16ClFN2S.ClH/c16-11-3-1-4-12(17)14(11)15(13-5-2-10-20-13)19-8-6-18-7-9-19;/h1-5,10,15,18H,6-9H2;1H/t15-;/m1./s1. The van der Waals surface area contributed by atoms with Crippen molar-refractivity contribution >= 4 is 35.3 Å². The molecular weight excluding hydrogens is 330 g/mol. The molecule has 0 amide bonds. The number of benzene rings is 1. The van der Waals surface area contributed by atoms with Crippen molar-refractivity contribution in [2.24, 2.45) is 0 Å². The van der Waals surface area contributed by atoms with Crippen molar-refractivity contribution in [1.29, 1.82) is 0 Å². The fourth-order valence-electron chi connectivity index (χ4n) is 2.66. The zero-order valence-corrected chi connectivity index (χ0v) is 13.8. The Labute approximate surface area is 139 Å². The van der Waals surface area contributed by atoms with Crippen LogP contribution in [-0.4, -0.2) is 31.1 Å². The van der Waals surface area contributed by atoms with Gasteiger partial charge in [0.15, 0.2) is 0 Å². The highest BCUT2D eigenvalue weighted by molar-refractivity contribution is 7.10. The third-order valence-electron chi connectivity index (χ3n) is 3.60. The summed E-state index contributed by atoms with van der Waals surface area (Å²) in [5.74, 6) is -0.227. The number of hydrogen-bond acceptors (Lipinski definition) is 3. The smallest absolute Gasteiger partial charge is 0.129 e. The maximum atomic E-state index is 14.3. The van der Waals surface area contributed by atoms with E-state index in [0.29, 0.717) is 10.6 Å². The lowest BCUT2D eigenvalue weighted by Gasteiger charge is -2.35. The first-order chi connectivity index (χ1) is 9.77. The largest absolute Gasteiger partial charge is 0.314 e. The maximum absolute atomic E-state index is 14.3. The number of halogens is 3. The van der Waals surface area contributed by atoms with Gasteiger partial charge in [-0.2, -0.15) is 0 Å². The van der Waals surface area contributed by atoms with Crippen LogP contribution < -0.4 is 5.32 Å². The molecule has 0 radical (unpaired) electrons. The first kappa shape index (κ1) is 16.7. The maximum Gasteiger partial charge on any atom is 0.129 e. The molecule has 1 aliphatic heterocycles. The van der Waals surface area contributed by atoms with Crippen molar-refractivity contribution in [2.45, 2.75) is 6.04 Å². The molecule has 114 valence electrons. The fraction of sp³-hybridized carbons (Fsp3) is 0.333. The van der Waals surface area contributed by atoms with Crippen LogP contribution in [0.25, 0.3) is 0 Å². The molecule has 0 spiro atoms. The van der Waals surface area contributed by atoms with E-state index in [1.165, 1.54) is 6.07 Å². The van der Waals surface area contributed by atoms with Gasteiger partial charge in [-0.05, 0) is 23.6 Å². The Morgan fingerprint density at radius 1 is 1.19 bits per heavy atom. The summed E-state index contributed by atoms with van der Waals surface area (Å²) < 4.78 is 14.3. The van der Waals surface area contributed by atoms with Crippen molar-refractivity contribution in [1.82, 2.24) is 10.2 Å². The summed E-state index contributed by atoms with van der Waals surface area (Å²) in [6.45, 7) is 3.64. The molecule has 1 aliphatic rings. The minimum Gasteiger partial charge on any atom is -0.314 e. The SMILES string of the molecule is Cl.Fc1cccc(Cl)c1[C@@H](c1cccs1)N1CCNCC1. The van der Waals surface area contributed by atoms with E-state index in [1.807, 2.05) is 11.4 Å². The van der Waals surface area contributed by atoms with Crippen LogP contribution in [0.2, 0.25) is 5.02 Å². The van der Waals surface area contributed by atoms with Crippen LogP contribution in [0.4, 0.5) is 4.39 Å². The van der Waals surface area contributed by atoms with Crippen LogP contribution in [0.1, 0.15) is 16.5 Å². The molecular formula is C15H17Cl2FN2S. The molecule has 1 N–H and O–H groups in total. The van der Waals surface area contributed by atoms with Gasteiger partial charge in [-0.25, -0.2) is 4.39 Å². The molecule has 2 nitrogen and oxygen atoms in total. The number of rotatable bonds is 3. The van der Waals surface area contributed by atoms with Crippen molar-refractivity contribution in [3.8, 4) is 0 Å². The summed E-state index contributed by atoms with van der Waals surface area (Å²) in [6.07, 6.45) is 0. The first-order valence-electron chi connectivity index (χ1n) is 6.69. The second-order valence-electron chi connectivity index (χ2n) is 4.84. The number of thiophene rings is 1. The molecule has 0 unspecified atom stereocenters. The minimum atomic E-state index is -0.227. The van der Waals surface area contributed by atoms with Gasteiger partial charge >= 0.3 is 0 Å². The molecule has 3 rings (SSSR count). The van der Waals surface area contributed by atoms with Crippen molar-refractivity contribution in [2.75, 3.05) is 26.2 Å². The molecule has 1 aromatic heterocycles. The summed E-state index contributed by atoms with van der Waals surface area (Å²) in [7, 11) is 0. The molecule has 1 saturated heterocycles. The van der Waals surface area contributed by atoms with Gasteiger partial charge in [0.1, 0.15) is 5.82 Å². The quantitative estimate of drug-likeness (QED) is 0.904. The lowest BCUT2D eigenvalue weighted by atomic mass is 10.0. The highest BCUT2D eigenvalue weighted by Crippen LogP contribution is 2.37. The van der Waals surface area contributed by atoms with Gasteiger partial charge in [-0.15, -0.1) is 23.7 Å². The summed E-state index contributed by atoms with van der Waals surface area (Å²) in [4.78, 5) is 3.44. The summed E-state index contributed by atoms with van der Waals surface area (Å²) in [5.41, 5.74) is 0.596. The zero-order valence-electron chi connectivity index (χ0n) is 11.4. The summed E-state index contributed by atoms with van der Waals surface area (Å²) >= 11 is 7.93. The van der Waals surface area contributed by atoms with Crippen LogP contribution in [0, 0.1) is 5.82 Å². The molecule has 1 atom stereocenters. The third-order valence-corrected chi connectivity index (χ3v) is 4.86. The summed E-state index contributed by atoms with van der Waals surface area (Å²) in [6, 6.07) is 8.88. The molecule has 6 heteroatoms.